The van der Waals surface area contributed by atoms with E-state index in [2.05, 4.69) is 30.6 Å². The van der Waals surface area contributed by atoms with Gasteiger partial charge in [0.05, 0.1) is 5.69 Å². The van der Waals surface area contributed by atoms with Gasteiger partial charge < -0.3 is 5.73 Å². The Morgan fingerprint density at radius 1 is 1.29 bits per heavy atom. The highest BCUT2D eigenvalue weighted by Gasteiger charge is 2.17. The van der Waals surface area contributed by atoms with Crippen molar-refractivity contribution >= 4 is 0 Å². The average molecular weight is 195 g/mol. The normalized spacial score (nSPS) is 13.2. The lowest BCUT2D eigenvalue weighted by atomic mass is 10.0. The van der Waals surface area contributed by atoms with Gasteiger partial charge in [0.1, 0.15) is 0 Å². The van der Waals surface area contributed by atoms with E-state index < -0.39 is 0 Å². The van der Waals surface area contributed by atoms with Crippen LogP contribution in [0, 0.1) is 0 Å². The first-order valence-corrected chi connectivity index (χ1v) is 5.49. The zero-order chi connectivity index (χ0) is 10.7. The Kier molecular flexibility index (Phi) is 3.69. The number of hydrogen-bond acceptors (Lipinski definition) is 2. The van der Waals surface area contributed by atoms with Crippen LogP contribution in [0.4, 0.5) is 0 Å². The third kappa shape index (κ3) is 1.82. The fourth-order valence-corrected chi connectivity index (χ4v) is 1.99. The van der Waals surface area contributed by atoms with E-state index in [4.69, 9.17) is 5.73 Å². The van der Waals surface area contributed by atoms with Crippen LogP contribution in [0.1, 0.15) is 50.7 Å². The minimum Gasteiger partial charge on any atom is -0.324 e. The van der Waals surface area contributed by atoms with Crippen molar-refractivity contribution in [2.24, 2.45) is 5.73 Å². The zero-order valence-electron chi connectivity index (χ0n) is 9.67. The molecule has 0 fully saturated rings. The molecule has 0 aliphatic rings. The van der Waals surface area contributed by atoms with E-state index in [1.807, 2.05) is 6.92 Å². The van der Waals surface area contributed by atoms with E-state index >= 15 is 0 Å². The maximum absolute atomic E-state index is 5.98. The first-order valence-electron chi connectivity index (χ1n) is 5.49. The highest BCUT2D eigenvalue weighted by molar-refractivity contribution is 5.29. The molecule has 0 aliphatic heterocycles. The van der Waals surface area contributed by atoms with Crippen molar-refractivity contribution in [1.29, 1.82) is 0 Å². The summed E-state index contributed by atoms with van der Waals surface area (Å²) in [5.41, 5.74) is 9.71. The molecular weight excluding hydrogens is 174 g/mol. The Labute approximate surface area is 86.3 Å². The van der Waals surface area contributed by atoms with E-state index in [0.29, 0.717) is 0 Å². The van der Waals surface area contributed by atoms with Crippen LogP contribution in [0.25, 0.3) is 0 Å². The van der Waals surface area contributed by atoms with Gasteiger partial charge in [-0.05, 0) is 26.7 Å². The average Bonchev–Trinajstić information content (AvgIpc) is 2.54. The van der Waals surface area contributed by atoms with Crippen LogP contribution in [0.2, 0.25) is 0 Å². The number of rotatable bonds is 4. The molecule has 0 bridgehead atoms. The van der Waals surface area contributed by atoms with Crippen molar-refractivity contribution in [1.82, 2.24) is 9.78 Å². The van der Waals surface area contributed by atoms with Crippen molar-refractivity contribution in [3.05, 3.63) is 17.0 Å². The summed E-state index contributed by atoms with van der Waals surface area (Å²) in [4.78, 5) is 0. The fourth-order valence-electron chi connectivity index (χ4n) is 1.99. The number of aromatic nitrogens is 2. The van der Waals surface area contributed by atoms with Gasteiger partial charge in [0.25, 0.3) is 0 Å². The molecule has 1 unspecified atom stereocenters. The van der Waals surface area contributed by atoms with Gasteiger partial charge in [-0.1, -0.05) is 13.8 Å². The first-order chi connectivity index (χ1) is 6.65. The van der Waals surface area contributed by atoms with Gasteiger partial charge in [0, 0.05) is 23.8 Å². The lowest BCUT2D eigenvalue weighted by molar-refractivity contribution is 0.615. The molecule has 3 nitrogen and oxygen atoms in total. The van der Waals surface area contributed by atoms with Gasteiger partial charge >= 0.3 is 0 Å². The van der Waals surface area contributed by atoms with E-state index in [-0.39, 0.29) is 6.04 Å². The molecule has 14 heavy (non-hydrogen) atoms. The molecule has 0 amide bonds. The monoisotopic (exact) mass is 195 g/mol. The summed E-state index contributed by atoms with van der Waals surface area (Å²) in [6.45, 7) is 9.39. The van der Waals surface area contributed by atoms with E-state index in [1.54, 1.807) is 0 Å². The molecule has 3 heteroatoms. The van der Waals surface area contributed by atoms with Gasteiger partial charge in [-0.15, -0.1) is 0 Å². The molecule has 0 aliphatic carbocycles. The van der Waals surface area contributed by atoms with Gasteiger partial charge in [-0.2, -0.15) is 5.10 Å². The number of nitrogens with two attached hydrogens (primary N) is 1. The second-order valence-corrected chi connectivity index (χ2v) is 3.62. The highest BCUT2D eigenvalue weighted by atomic mass is 15.3. The molecule has 1 atom stereocenters. The van der Waals surface area contributed by atoms with Crippen LogP contribution in [0.3, 0.4) is 0 Å². The topological polar surface area (TPSA) is 43.8 Å². The van der Waals surface area contributed by atoms with Gasteiger partial charge in [-0.3, -0.25) is 4.68 Å². The Morgan fingerprint density at radius 3 is 2.29 bits per heavy atom. The second kappa shape index (κ2) is 4.60. The van der Waals surface area contributed by atoms with Crippen molar-refractivity contribution in [3.8, 4) is 0 Å². The molecule has 0 spiro atoms. The molecule has 0 aromatic carbocycles. The van der Waals surface area contributed by atoms with Crippen LogP contribution in [0.15, 0.2) is 0 Å². The van der Waals surface area contributed by atoms with E-state index in [9.17, 15) is 0 Å². The Balaban J connectivity index is 3.26. The SMILES string of the molecule is CCc1nn(CC)c(CC)c1C(C)N. The van der Waals surface area contributed by atoms with Crippen LogP contribution in [0.5, 0.6) is 0 Å². The molecule has 2 N–H and O–H groups in total. The second-order valence-electron chi connectivity index (χ2n) is 3.62. The summed E-state index contributed by atoms with van der Waals surface area (Å²) < 4.78 is 2.08. The molecule has 80 valence electrons. The fraction of sp³-hybridized carbons (Fsp3) is 0.727. The van der Waals surface area contributed by atoms with Crippen molar-refractivity contribution in [2.75, 3.05) is 0 Å². The maximum atomic E-state index is 5.98. The molecule has 0 saturated heterocycles. The lowest BCUT2D eigenvalue weighted by Crippen LogP contribution is -2.10. The molecular formula is C11H21N3. The number of aryl methyl sites for hydroxylation is 2. The quantitative estimate of drug-likeness (QED) is 0.799. The van der Waals surface area contributed by atoms with Crippen molar-refractivity contribution in [2.45, 2.75) is 53.1 Å². The lowest BCUT2D eigenvalue weighted by Gasteiger charge is -2.08. The highest BCUT2D eigenvalue weighted by Crippen LogP contribution is 2.21. The van der Waals surface area contributed by atoms with Gasteiger partial charge in [-0.25, -0.2) is 0 Å². The van der Waals surface area contributed by atoms with Gasteiger partial charge in [0.2, 0.25) is 0 Å². The third-order valence-electron chi connectivity index (χ3n) is 2.60. The van der Waals surface area contributed by atoms with Crippen LogP contribution < -0.4 is 5.73 Å². The maximum Gasteiger partial charge on any atom is 0.0672 e. The summed E-state index contributed by atoms with van der Waals surface area (Å²) >= 11 is 0. The summed E-state index contributed by atoms with van der Waals surface area (Å²) in [6.07, 6.45) is 1.98. The van der Waals surface area contributed by atoms with Crippen LogP contribution >= 0.6 is 0 Å². The smallest absolute Gasteiger partial charge is 0.0672 e. The number of nitrogens with zero attached hydrogens (tertiary/aromatic N) is 2. The molecule has 1 rings (SSSR count). The first kappa shape index (κ1) is 11.2. The van der Waals surface area contributed by atoms with E-state index in [1.165, 1.54) is 17.0 Å². The molecule has 1 heterocycles. The standard InChI is InChI=1S/C11H21N3/c1-5-9-11(8(4)12)10(6-2)14(7-3)13-9/h8H,5-7,12H2,1-4H3. The predicted molar refractivity (Wildman–Crippen MR) is 59.3 cm³/mol. The Morgan fingerprint density at radius 2 is 1.93 bits per heavy atom. The minimum absolute atomic E-state index is 0.0974. The summed E-state index contributed by atoms with van der Waals surface area (Å²) in [5, 5.41) is 4.58. The minimum atomic E-state index is 0.0974. The predicted octanol–water partition coefficient (Wildman–Crippen LogP) is 2.05. The molecule has 0 saturated carbocycles. The Hall–Kier alpha value is -0.830. The summed E-state index contributed by atoms with van der Waals surface area (Å²) in [5.74, 6) is 0. The van der Waals surface area contributed by atoms with Gasteiger partial charge in [0.15, 0.2) is 0 Å². The van der Waals surface area contributed by atoms with E-state index in [0.717, 1.165) is 19.4 Å². The molecule has 1 aromatic heterocycles. The number of hydrogen-bond donors (Lipinski definition) is 1. The summed E-state index contributed by atoms with van der Waals surface area (Å²) in [6, 6.07) is 0.0974. The Bertz CT molecular complexity index is 300. The zero-order valence-corrected chi connectivity index (χ0v) is 9.67. The van der Waals surface area contributed by atoms with Crippen LogP contribution in [-0.2, 0) is 19.4 Å². The van der Waals surface area contributed by atoms with Crippen molar-refractivity contribution < 1.29 is 0 Å². The molecule has 0 radical (unpaired) electrons. The summed E-state index contributed by atoms with van der Waals surface area (Å²) in [7, 11) is 0. The largest absolute Gasteiger partial charge is 0.324 e. The van der Waals surface area contributed by atoms with Crippen molar-refractivity contribution in [3.63, 3.8) is 0 Å². The van der Waals surface area contributed by atoms with Crippen LogP contribution in [-0.4, -0.2) is 9.78 Å². The third-order valence-corrected chi connectivity index (χ3v) is 2.60. The molecule has 1 aromatic rings.